The van der Waals surface area contributed by atoms with Crippen LogP contribution in [0.4, 0.5) is 5.69 Å². The zero-order valence-electron chi connectivity index (χ0n) is 8.48. The maximum Gasteiger partial charge on any atom is 0.485 e. The molecule has 1 aromatic rings. The average Bonchev–Trinajstić information content (AvgIpc) is 2.27. The molecule has 0 aromatic heterocycles. The molecule has 1 aromatic carbocycles. The quantitative estimate of drug-likeness (QED) is 0.579. The number of aliphatic imine (C=N–C) groups is 1. The fraction of sp³-hybridized carbons (Fsp3) is 0.0909. The van der Waals surface area contributed by atoms with Crippen molar-refractivity contribution in [2.24, 2.45) is 4.99 Å². The lowest BCUT2D eigenvalue weighted by atomic mass is 10.2. The molecule has 0 unspecified atom stereocenters. The minimum Gasteiger partial charge on any atom is -0.255 e. The number of carbonyl (C=O) groups excluding carboxylic acids is 2. The maximum absolute atomic E-state index is 11.6. The summed E-state index contributed by atoms with van der Waals surface area (Å²) < 4.78 is 2.19. The molecule has 0 bridgehead atoms. The van der Waals surface area contributed by atoms with Crippen molar-refractivity contribution < 1.29 is 14.2 Å². The second kappa shape index (κ2) is 4.09. The summed E-state index contributed by atoms with van der Waals surface area (Å²) in [5.41, 5.74) is 1.58. The molecule has 0 atom stereocenters. The molecule has 0 saturated carbocycles. The van der Waals surface area contributed by atoms with Crippen LogP contribution in [-0.2, 0) is 9.59 Å². The lowest BCUT2D eigenvalue weighted by Crippen LogP contribution is -2.29. The summed E-state index contributed by atoms with van der Waals surface area (Å²) in [5, 5.41) is 0. The average molecular weight is 280 g/mol. The lowest BCUT2D eigenvalue weighted by molar-refractivity contribution is -0.356. The summed E-state index contributed by atoms with van der Waals surface area (Å²) in [6.07, 6.45) is 2.81. The molecule has 1 aliphatic rings. The SMILES string of the molecule is Cc1c(Br)cccc1[N+]1=CC=NC(=O)C1=O. The molecule has 0 fully saturated rings. The monoisotopic (exact) mass is 279 g/mol. The summed E-state index contributed by atoms with van der Waals surface area (Å²) in [6.45, 7) is 1.87. The van der Waals surface area contributed by atoms with Gasteiger partial charge in [-0.2, -0.15) is 0 Å². The molecule has 2 amide bonds. The summed E-state index contributed by atoms with van der Waals surface area (Å²) in [5.74, 6) is -1.38. The normalized spacial score (nSPS) is 15.2. The molecule has 0 saturated heterocycles. The number of benzene rings is 1. The summed E-state index contributed by atoms with van der Waals surface area (Å²) in [4.78, 5) is 26.2. The Hall–Kier alpha value is -1.62. The highest BCUT2D eigenvalue weighted by atomic mass is 79.9. The molecule has 1 aliphatic heterocycles. The Kier molecular flexibility index (Phi) is 2.78. The Bertz CT molecular complexity index is 547. The fourth-order valence-electron chi connectivity index (χ4n) is 1.44. The van der Waals surface area contributed by atoms with Crippen molar-refractivity contribution in [2.45, 2.75) is 6.92 Å². The van der Waals surface area contributed by atoms with Crippen molar-refractivity contribution in [2.75, 3.05) is 0 Å². The molecule has 0 aliphatic carbocycles. The van der Waals surface area contributed by atoms with E-state index >= 15 is 0 Å². The lowest BCUT2D eigenvalue weighted by Gasteiger charge is -2.04. The Morgan fingerprint density at radius 3 is 2.81 bits per heavy atom. The number of nitrogens with zero attached hydrogens (tertiary/aromatic N) is 2. The van der Waals surface area contributed by atoms with Gasteiger partial charge in [0.25, 0.3) is 0 Å². The van der Waals surface area contributed by atoms with E-state index in [9.17, 15) is 9.59 Å². The minimum absolute atomic E-state index is 0.635. The number of rotatable bonds is 1. The molecule has 0 N–H and O–H groups in total. The highest BCUT2D eigenvalue weighted by Gasteiger charge is 2.31. The van der Waals surface area contributed by atoms with Crippen LogP contribution in [0.3, 0.4) is 0 Å². The topological polar surface area (TPSA) is 49.5 Å². The predicted octanol–water partition coefficient (Wildman–Crippen LogP) is 1.61. The van der Waals surface area contributed by atoms with Crippen molar-refractivity contribution in [3.63, 3.8) is 0 Å². The van der Waals surface area contributed by atoms with Crippen molar-refractivity contribution >= 4 is 45.9 Å². The van der Waals surface area contributed by atoms with E-state index in [0.29, 0.717) is 5.69 Å². The molecule has 5 heteroatoms. The van der Waals surface area contributed by atoms with Gasteiger partial charge < -0.3 is 0 Å². The van der Waals surface area contributed by atoms with Crippen LogP contribution in [0.1, 0.15) is 5.56 Å². The minimum atomic E-state index is -0.748. The van der Waals surface area contributed by atoms with Gasteiger partial charge in [0.1, 0.15) is 0 Å². The van der Waals surface area contributed by atoms with E-state index in [1.807, 2.05) is 19.1 Å². The van der Waals surface area contributed by atoms with Gasteiger partial charge in [0.2, 0.25) is 5.69 Å². The number of halogens is 1. The number of carbonyl (C=O) groups is 2. The van der Waals surface area contributed by atoms with E-state index < -0.39 is 11.8 Å². The second-order valence-corrected chi connectivity index (χ2v) is 4.15. The molecule has 2 rings (SSSR count). The van der Waals surface area contributed by atoms with E-state index in [4.69, 9.17) is 0 Å². The molecule has 0 radical (unpaired) electrons. The molecule has 1 heterocycles. The van der Waals surface area contributed by atoms with E-state index in [-0.39, 0.29) is 0 Å². The van der Waals surface area contributed by atoms with Crippen LogP contribution in [0.5, 0.6) is 0 Å². The number of hydrogen-bond acceptors (Lipinski definition) is 2. The van der Waals surface area contributed by atoms with Crippen molar-refractivity contribution in [3.05, 3.63) is 28.2 Å². The number of amides is 2. The molecule has 16 heavy (non-hydrogen) atoms. The van der Waals surface area contributed by atoms with Crippen LogP contribution in [-0.4, -0.2) is 28.8 Å². The van der Waals surface area contributed by atoms with Gasteiger partial charge in [-0.3, -0.25) is 4.79 Å². The van der Waals surface area contributed by atoms with Gasteiger partial charge in [-0.05, 0) is 13.0 Å². The molecular weight excluding hydrogens is 272 g/mol. The van der Waals surface area contributed by atoms with Crippen LogP contribution >= 0.6 is 15.9 Å². The first kappa shape index (κ1) is 10.9. The Morgan fingerprint density at radius 2 is 2.06 bits per heavy atom. The smallest absolute Gasteiger partial charge is 0.255 e. The van der Waals surface area contributed by atoms with Gasteiger partial charge >= 0.3 is 11.8 Å². The predicted molar refractivity (Wildman–Crippen MR) is 63.4 cm³/mol. The van der Waals surface area contributed by atoms with Crippen molar-refractivity contribution in [3.8, 4) is 0 Å². The molecule has 80 valence electrons. The third kappa shape index (κ3) is 1.74. The van der Waals surface area contributed by atoms with Crippen LogP contribution in [0.15, 0.2) is 27.7 Å². The third-order valence-corrected chi connectivity index (χ3v) is 3.17. The van der Waals surface area contributed by atoms with Crippen LogP contribution in [0.25, 0.3) is 0 Å². The van der Waals surface area contributed by atoms with Crippen molar-refractivity contribution in [1.29, 1.82) is 0 Å². The van der Waals surface area contributed by atoms with Gasteiger partial charge in [0.15, 0.2) is 6.21 Å². The standard InChI is InChI=1S/C11H8BrN2O2/c1-7-8(12)3-2-4-9(7)14-6-5-13-10(15)11(14)16/h2-6H,1H3/q+1. The first-order valence-corrected chi connectivity index (χ1v) is 5.40. The van der Waals surface area contributed by atoms with E-state index in [1.54, 1.807) is 6.07 Å². The largest absolute Gasteiger partial charge is 0.485 e. The summed E-state index contributed by atoms with van der Waals surface area (Å²) in [6, 6.07) is 5.47. The van der Waals surface area contributed by atoms with Gasteiger partial charge in [-0.1, -0.05) is 22.0 Å². The summed E-state index contributed by atoms with van der Waals surface area (Å²) in [7, 11) is 0. The van der Waals surface area contributed by atoms with Gasteiger partial charge in [-0.15, -0.1) is 4.58 Å². The van der Waals surface area contributed by atoms with Gasteiger partial charge in [0.05, 0.1) is 6.21 Å². The third-order valence-electron chi connectivity index (χ3n) is 2.31. The molecule has 0 spiro atoms. The second-order valence-electron chi connectivity index (χ2n) is 3.29. The van der Waals surface area contributed by atoms with Crippen LogP contribution in [0, 0.1) is 6.92 Å². The van der Waals surface area contributed by atoms with E-state index in [1.165, 1.54) is 17.0 Å². The first-order chi connectivity index (χ1) is 7.61. The Balaban J connectivity index is 2.57. The van der Waals surface area contributed by atoms with E-state index in [2.05, 4.69) is 20.9 Å². The Labute approximate surface area is 100 Å². The zero-order valence-corrected chi connectivity index (χ0v) is 10.1. The van der Waals surface area contributed by atoms with Crippen LogP contribution < -0.4 is 0 Å². The van der Waals surface area contributed by atoms with Gasteiger partial charge in [0, 0.05) is 16.1 Å². The van der Waals surface area contributed by atoms with E-state index in [0.717, 1.165) is 10.0 Å². The number of hydrogen-bond donors (Lipinski definition) is 0. The molecule has 4 nitrogen and oxygen atoms in total. The fourth-order valence-corrected chi connectivity index (χ4v) is 1.80. The van der Waals surface area contributed by atoms with Crippen molar-refractivity contribution in [1.82, 2.24) is 0 Å². The zero-order chi connectivity index (χ0) is 11.7. The van der Waals surface area contributed by atoms with Gasteiger partial charge in [-0.25, -0.2) is 9.79 Å². The van der Waals surface area contributed by atoms with Crippen LogP contribution in [0.2, 0.25) is 0 Å². The first-order valence-electron chi connectivity index (χ1n) is 4.61. The summed E-state index contributed by atoms with van der Waals surface area (Å²) >= 11 is 3.38. The molecular formula is C11H8BrN2O2+. The maximum atomic E-state index is 11.6. The highest BCUT2D eigenvalue weighted by molar-refractivity contribution is 9.10. The Morgan fingerprint density at radius 1 is 1.31 bits per heavy atom. The highest BCUT2D eigenvalue weighted by Crippen LogP contribution is 2.25.